The van der Waals surface area contributed by atoms with E-state index in [0.29, 0.717) is 12.1 Å². The highest BCUT2D eigenvalue weighted by atomic mass is 16.4. The Hall–Kier alpha value is -1.97. The lowest BCUT2D eigenvalue weighted by Crippen LogP contribution is -2.51. The third kappa shape index (κ3) is 1.08. The van der Waals surface area contributed by atoms with Crippen LogP contribution in [0.3, 0.4) is 0 Å². The molecule has 4 nitrogen and oxygen atoms in total. The van der Waals surface area contributed by atoms with E-state index in [1.54, 1.807) is 0 Å². The molecule has 1 heterocycles. The summed E-state index contributed by atoms with van der Waals surface area (Å²) in [4.78, 5) is 21.3. The van der Waals surface area contributed by atoms with E-state index in [1.807, 2.05) is 38.1 Å². The van der Waals surface area contributed by atoms with Crippen molar-refractivity contribution < 1.29 is 9.90 Å². The number of para-hydroxylation sites is 2. The first-order valence-electron chi connectivity index (χ1n) is 6.97. The molecule has 0 amide bonds. The maximum atomic E-state index is 11.9. The summed E-state index contributed by atoms with van der Waals surface area (Å²) in [5, 5.41) is 11.9. The van der Waals surface area contributed by atoms with E-state index in [2.05, 4.69) is 4.98 Å². The molecule has 0 N–H and O–H groups in total. The summed E-state index contributed by atoms with van der Waals surface area (Å²) < 4.78 is 0. The number of carboxylic acid groups (broad SMARTS) is 1. The van der Waals surface area contributed by atoms with Crippen molar-refractivity contribution >= 4 is 17.0 Å². The van der Waals surface area contributed by atoms with Gasteiger partial charge in [0.25, 0.3) is 0 Å². The van der Waals surface area contributed by atoms with E-state index in [1.165, 1.54) is 0 Å². The average Bonchev–Trinajstić information content (AvgIpc) is 2.79. The van der Waals surface area contributed by atoms with Gasteiger partial charge in [-0.15, -0.1) is 0 Å². The first kappa shape index (κ1) is 11.8. The molecule has 1 saturated carbocycles. The summed E-state index contributed by atoms with van der Waals surface area (Å²) in [5.74, 6) is -0.846. The Labute approximate surface area is 116 Å². The molecule has 2 aliphatic carbocycles. The Morgan fingerprint density at radius 2 is 1.90 bits per heavy atom. The molecule has 4 heteroatoms. The first-order valence-corrected chi connectivity index (χ1v) is 6.97. The Bertz CT molecular complexity index is 753. The van der Waals surface area contributed by atoms with E-state index >= 15 is 0 Å². The summed E-state index contributed by atoms with van der Waals surface area (Å²) in [6, 6.07) is 7.63. The lowest BCUT2D eigenvalue weighted by Gasteiger charge is -2.38. The van der Waals surface area contributed by atoms with Crippen LogP contribution in [0.5, 0.6) is 0 Å². The van der Waals surface area contributed by atoms with Gasteiger partial charge in [-0.2, -0.15) is 0 Å². The molecule has 2 aliphatic rings. The molecule has 0 radical (unpaired) electrons. The molecule has 2 aromatic rings. The fourth-order valence-corrected chi connectivity index (χ4v) is 4.28. The third-order valence-corrected chi connectivity index (χ3v) is 5.46. The minimum atomic E-state index is -1.01. The van der Waals surface area contributed by atoms with Gasteiger partial charge in [0.05, 0.1) is 33.8 Å². The van der Waals surface area contributed by atoms with Gasteiger partial charge in [-0.1, -0.05) is 26.0 Å². The molecule has 1 aromatic heterocycles. The number of carbonyl (C=O) groups excluding carboxylic acids is 1. The highest BCUT2D eigenvalue weighted by Gasteiger charge is 2.64. The zero-order valence-electron chi connectivity index (χ0n) is 11.5. The molecule has 2 atom stereocenters. The standard InChI is InChI=1S/C16H16N2O2/c1-15(2)9-7-8-16(15,14(19)20)13-12(9)17-10-5-3-4-6-11(10)18-13/h3-6,9H,7-8H2,1-2H3,(H,19,20)/p-1/t9-,16+/m0/s1. The van der Waals surface area contributed by atoms with Crippen molar-refractivity contribution in [3.63, 3.8) is 0 Å². The minimum absolute atomic E-state index is 0.160. The zero-order valence-corrected chi connectivity index (χ0v) is 11.5. The van der Waals surface area contributed by atoms with Gasteiger partial charge in [0.2, 0.25) is 0 Å². The maximum absolute atomic E-state index is 11.9. The normalized spacial score (nSPS) is 29.6. The lowest BCUT2D eigenvalue weighted by molar-refractivity contribution is -0.317. The number of fused-ring (bicyclic) bond motifs is 6. The van der Waals surface area contributed by atoms with Crippen molar-refractivity contribution in [2.45, 2.75) is 38.0 Å². The zero-order chi connectivity index (χ0) is 14.1. The molecule has 4 rings (SSSR count). The van der Waals surface area contributed by atoms with Crippen LogP contribution in [-0.2, 0) is 10.2 Å². The number of carbonyl (C=O) groups is 1. The van der Waals surface area contributed by atoms with Crippen LogP contribution in [0.1, 0.15) is 44.0 Å². The summed E-state index contributed by atoms with van der Waals surface area (Å²) in [5.41, 5.74) is 1.73. The minimum Gasteiger partial charge on any atom is -0.549 e. The maximum Gasteiger partial charge on any atom is 0.0890 e. The molecule has 2 bridgehead atoms. The fourth-order valence-electron chi connectivity index (χ4n) is 4.28. The Morgan fingerprint density at radius 1 is 1.25 bits per heavy atom. The van der Waals surface area contributed by atoms with Crippen molar-refractivity contribution in [1.82, 2.24) is 9.97 Å². The highest BCUT2D eigenvalue weighted by Crippen LogP contribution is 2.66. The van der Waals surface area contributed by atoms with Crippen molar-refractivity contribution in [2.24, 2.45) is 5.41 Å². The molecule has 0 aliphatic heterocycles. The van der Waals surface area contributed by atoms with Crippen LogP contribution in [0, 0.1) is 5.41 Å². The van der Waals surface area contributed by atoms with E-state index in [-0.39, 0.29) is 11.3 Å². The van der Waals surface area contributed by atoms with E-state index in [4.69, 9.17) is 4.98 Å². The molecular formula is C16H15N2O2-. The van der Waals surface area contributed by atoms with Gasteiger partial charge in [-0.3, -0.25) is 0 Å². The number of carboxylic acids is 1. The third-order valence-electron chi connectivity index (χ3n) is 5.46. The van der Waals surface area contributed by atoms with Gasteiger partial charge < -0.3 is 9.90 Å². The van der Waals surface area contributed by atoms with Gasteiger partial charge in [0.15, 0.2) is 0 Å². The van der Waals surface area contributed by atoms with Crippen LogP contribution in [0.25, 0.3) is 11.0 Å². The summed E-state index contributed by atoms with van der Waals surface area (Å²) in [7, 11) is 0. The average molecular weight is 267 g/mol. The Kier molecular flexibility index (Phi) is 1.99. The van der Waals surface area contributed by atoms with Gasteiger partial charge in [0.1, 0.15) is 0 Å². The molecule has 20 heavy (non-hydrogen) atoms. The molecule has 1 aromatic carbocycles. The van der Waals surface area contributed by atoms with Crippen LogP contribution < -0.4 is 5.11 Å². The second-order valence-corrected chi connectivity index (χ2v) is 6.45. The number of benzene rings is 1. The number of hydrogen-bond acceptors (Lipinski definition) is 4. The summed E-state index contributed by atoms with van der Waals surface area (Å²) in [6.45, 7) is 4.02. The number of aliphatic carboxylic acids is 1. The van der Waals surface area contributed by atoms with Gasteiger partial charge in [-0.05, 0) is 30.4 Å². The van der Waals surface area contributed by atoms with E-state index < -0.39 is 11.4 Å². The summed E-state index contributed by atoms with van der Waals surface area (Å²) in [6.07, 6.45) is 1.45. The monoisotopic (exact) mass is 267 g/mol. The van der Waals surface area contributed by atoms with Gasteiger partial charge >= 0.3 is 0 Å². The van der Waals surface area contributed by atoms with Crippen LogP contribution in [-0.4, -0.2) is 15.9 Å². The van der Waals surface area contributed by atoms with Gasteiger partial charge in [-0.25, -0.2) is 9.97 Å². The van der Waals surface area contributed by atoms with Crippen molar-refractivity contribution in [3.05, 3.63) is 35.7 Å². The van der Waals surface area contributed by atoms with E-state index in [0.717, 1.165) is 23.1 Å². The molecule has 0 saturated heterocycles. The van der Waals surface area contributed by atoms with Crippen LogP contribution in [0.2, 0.25) is 0 Å². The highest BCUT2D eigenvalue weighted by molar-refractivity contribution is 5.85. The van der Waals surface area contributed by atoms with E-state index in [9.17, 15) is 9.90 Å². The molecule has 1 fully saturated rings. The predicted molar refractivity (Wildman–Crippen MR) is 72.0 cm³/mol. The smallest absolute Gasteiger partial charge is 0.0890 e. The van der Waals surface area contributed by atoms with Crippen molar-refractivity contribution in [2.75, 3.05) is 0 Å². The number of hydrogen-bond donors (Lipinski definition) is 0. The van der Waals surface area contributed by atoms with Crippen LogP contribution in [0.4, 0.5) is 0 Å². The second-order valence-electron chi connectivity index (χ2n) is 6.45. The molecular weight excluding hydrogens is 252 g/mol. The predicted octanol–water partition coefficient (Wildman–Crippen LogP) is 1.53. The van der Waals surface area contributed by atoms with Crippen molar-refractivity contribution in [1.29, 1.82) is 0 Å². The Balaban J connectivity index is 2.10. The van der Waals surface area contributed by atoms with Crippen LogP contribution in [0.15, 0.2) is 24.3 Å². The number of aromatic nitrogens is 2. The molecule has 0 unspecified atom stereocenters. The molecule has 102 valence electrons. The SMILES string of the molecule is CC1(C)[C@H]2CC[C@]1(C(=O)[O-])c1nc3ccccc3nc12. The quantitative estimate of drug-likeness (QED) is 0.786. The first-order chi connectivity index (χ1) is 9.48. The number of rotatable bonds is 1. The fraction of sp³-hybridized carbons (Fsp3) is 0.438. The van der Waals surface area contributed by atoms with Crippen LogP contribution >= 0.6 is 0 Å². The molecule has 0 spiro atoms. The van der Waals surface area contributed by atoms with Gasteiger partial charge in [0, 0.05) is 5.92 Å². The topological polar surface area (TPSA) is 65.9 Å². The lowest BCUT2D eigenvalue weighted by atomic mass is 9.68. The van der Waals surface area contributed by atoms with Crippen molar-refractivity contribution in [3.8, 4) is 0 Å². The number of nitrogens with zero attached hydrogens (tertiary/aromatic N) is 2. The Morgan fingerprint density at radius 3 is 2.55 bits per heavy atom. The second kappa shape index (κ2) is 3.37. The largest absolute Gasteiger partial charge is 0.549 e. The summed E-state index contributed by atoms with van der Waals surface area (Å²) >= 11 is 0.